The Morgan fingerprint density at radius 2 is 1.43 bits per heavy atom. The third-order valence-corrected chi connectivity index (χ3v) is 9.58. The molecule has 0 bridgehead atoms. The molecule has 15 heteroatoms. The summed E-state index contributed by atoms with van der Waals surface area (Å²) in [6.45, 7) is -0.180. The molecule has 2 aliphatic heterocycles. The Balaban J connectivity index is 1.08. The minimum absolute atomic E-state index is 0.0289. The lowest BCUT2D eigenvalue weighted by Gasteiger charge is -2.49. The van der Waals surface area contributed by atoms with Crippen molar-refractivity contribution in [3.05, 3.63) is 141 Å². The number of amides is 2. The van der Waals surface area contributed by atoms with Gasteiger partial charge >= 0.3 is 12.1 Å². The molecule has 1 N–H and O–H groups in total. The molecule has 0 saturated carbocycles. The quantitative estimate of drug-likeness (QED) is 0.0580. The Morgan fingerprint density at radius 3 is 2.08 bits per heavy atom. The average molecular weight is 740 g/mol. The SMILES string of the molecule is COc1ccc(COC(=O)C2=C(COc3ccc(COC(=O)Oc4ccc([N+](=O)[O-])cc4)cc3)CSC3C(NC(=O)Cc4ccccc4)C(=O)N23)cc1. The highest BCUT2D eigenvalue weighted by molar-refractivity contribution is 8.00. The van der Waals surface area contributed by atoms with Crippen LogP contribution in [0.2, 0.25) is 0 Å². The molecule has 1 fully saturated rings. The zero-order valence-electron chi connectivity index (χ0n) is 28.3. The summed E-state index contributed by atoms with van der Waals surface area (Å²) in [5, 5.41) is 13.1. The van der Waals surface area contributed by atoms with E-state index in [-0.39, 0.29) is 49.3 Å². The van der Waals surface area contributed by atoms with Crippen molar-refractivity contribution in [2.24, 2.45) is 0 Å². The van der Waals surface area contributed by atoms with Gasteiger partial charge in [0.25, 0.3) is 11.6 Å². The van der Waals surface area contributed by atoms with Gasteiger partial charge in [0.1, 0.15) is 54.2 Å². The molecule has 4 aromatic rings. The van der Waals surface area contributed by atoms with Gasteiger partial charge in [0.15, 0.2) is 0 Å². The lowest BCUT2D eigenvalue weighted by molar-refractivity contribution is -0.384. The number of ether oxygens (including phenoxy) is 5. The molecule has 6 rings (SSSR count). The number of nitrogens with one attached hydrogen (secondary N) is 1. The second kappa shape index (κ2) is 16.8. The van der Waals surface area contributed by atoms with Crippen LogP contribution in [-0.2, 0) is 43.5 Å². The van der Waals surface area contributed by atoms with Crippen molar-refractivity contribution in [2.45, 2.75) is 31.1 Å². The molecule has 0 aliphatic carbocycles. The Morgan fingerprint density at radius 1 is 0.811 bits per heavy atom. The van der Waals surface area contributed by atoms with Gasteiger partial charge in [0.05, 0.1) is 18.5 Å². The molecular weight excluding hydrogens is 706 g/mol. The maximum Gasteiger partial charge on any atom is 0.514 e. The number of hydrogen-bond acceptors (Lipinski definition) is 12. The first-order chi connectivity index (χ1) is 25.7. The molecule has 0 radical (unpaired) electrons. The normalized spacial score (nSPS) is 16.1. The first kappa shape index (κ1) is 36.4. The molecule has 272 valence electrons. The van der Waals surface area contributed by atoms with Crippen molar-refractivity contribution in [3.63, 3.8) is 0 Å². The molecular formula is C38H33N3O11S. The molecule has 2 atom stereocenters. The number of carbonyl (C=O) groups is 4. The van der Waals surface area contributed by atoms with Crippen molar-refractivity contribution >= 4 is 41.4 Å². The van der Waals surface area contributed by atoms with E-state index in [4.69, 9.17) is 23.7 Å². The third kappa shape index (κ3) is 9.12. The summed E-state index contributed by atoms with van der Waals surface area (Å²) in [7, 11) is 1.55. The molecule has 2 aliphatic rings. The lowest BCUT2D eigenvalue weighted by Crippen LogP contribution is -2.70. The van der Waals surface area contributed by atoms with Gasteiger partial charge < -0.3 is 29.0 Å². The van der Waals surface area contributed by atoms with Crippen molar-refractivity contribution in [3.8, 4) is 17.2 Å². The van der Waals surface area contributed by atoms with Crippen LogP contribution in [0, 0.1) is 10.1 Å². The lowest BCUT2D eigenvalue weighted by atomic mass is 10.0. The number of methoxy groups -OCH3 is 1. The van der Waals surface area contributed by atoms with Crippen LogP contribution in [0.3, 0.4) is 0 Å². The average Bonchev–Trinajstić information content (AvgIpc) is 3.18. The summed E-state index contributed by atoms with van der Waals surface area (Å²) in [6, 6.07) is 27.1. The van der Waals surface area contributed by atoms with E-state index in [9.17, 15) is 29.3 Å². The summed E-state index contributed by atoms with van der Waals surface area (Å²) in [6.07, 6.45) is -0.866. The Hall–Kier alpha value is -6.35. The van der Waals surface area contributed by atoms with E-state index in [1.807, 2.05) is 30.3 Å². The minimum Gasteiger partial charge on any atom is -0.497 e. The number of benzene rings is 4. The fourth-order valence-electron chi connectivity index (χ4n) is 5.48. The number of nitro groups is 1. The molecule has 14 nitrogen and oxygen atoms in total. The van der Waals surface area contributed by atoms with Crippen molar-refractivity contribution in [1.29, 1.82) is 0 Å². The van der Waals surface area contributed by atoms with Gasteiger partial charge in [-0.3, -0.25) is 24.6 Å². The molecule has 2 amide bonds. The number of carbonyl (C=O) groups excluding carboxylic acids is 4. The van der Waals surface area contributed by atoms with Crippen molar-refractivity contribution in [2.75, 3.05) is 19.5 Å². The summed E-state index contributed by atoms with van der Waals surface area (Å²) < 4.78 is 27.1. The molecule has 4 aromatic carbocycles. The van der Waals surface area contributed by atoms with Gasteiger partial charge in [0, 0.05) is 23.5 Å². The van der Waals surface area contributed by atoms with Gasteiger partial charge in [-0.15, -0.1) is 11.8 Å². The predicted molar refractivity (Wildman–Crippen MR) is 191 cm³/mol. The van der Waals surface area contributed by atoms with Crippen LogP contribution in [0.4, 0.5) is 10.5 Å². The highest BCUT2D eigenvalue weighted by atomic mass is 32.2. The van der Waals surface area contributed by atoms with Gasteiger partial charge in [-0.1, -0.05) is 54.6 Å². The summed E-state index contributed by atoms with van der Waals surface area (Å²) in [4.78, 5) is 63.6. The van der Waals surface area contributed by atoms with Gasteiger partial charge in [-0.25, -0.2) is 9.59 Å². The number of non-ortho nitro benzene ring substituents is 1. The van der Waals surface area contributed by atoms with E-state index in [2.05, 4.69) is 5.32 Å². The van der Waals surface area contributed by atoms with Crippen LogP contribution in [0.25, 0.3) is 0 Å². The first-order valence-corrected chi connectivity index (χ1v) is 17.3. The van der Waals surface area contributed by atoms with E-state index >= 15 is 0 Å². The molecule has 1 saturated heterocycles. The number of fused-ring (bicyclic) bond motifs is 1. The van der Waals surface area contributed by atoms with Gasteiger partial charge in [0.2, 0.25) is 5.91 Å². The first-order valence-electron chi connectivity index (χ1n) is 16.3. The van der Waals surface area contributed by atoms with Gasteiger partial charge in [-0.2, -0.15) is 0 Å². The number of esters is 1. The number of thioether (sulfide) groups is 1. The van der Waals surface area contributed by atoms with Crippen molar-refractivity contribution < 1.29 is 47.8 Å². The maximum absolute atomic E-state index is 13.6. The van der Waals surface area contributed by atoms with Crippen molar-refractivity contribution in [1.82, 2.24) is 10.2 Å². The second-order valence-electron chi connectivity index (χ2n) is 11.8. The number of β-lactam (4-membered cyclic amide) rings is 1. The zero-order chi connectivity index (χ0) is 37.3. The molecule has 2 heterocycles. The predicted octanol–water partition coefficient (Wildman–Crippen LogP) is 5.34. The van der Waals surface area contributed by atoms with Gasteiger partial charge in [-0.05, 0) is 53.1 Å². The smallest absolute Gasteiger partial charge is 0.497 e. The third-order valence-electron chi connectivity index (χ3n) is 8.24. The van der Waals surface area contributed by atoms with Crippen LogP contribution < -0.4 is 19.5 Å². The second-order valence-corrected chi connectivity index (χ2v) is 12.9. The summed E-state index contributed by atoms with van der Waals surface area (Å²) >= 11 is 1.41. The molecule has 53 heavy (non-hydrogen) atoms. The topological polar surface area (TPSA) is 173 Å². The number of hydrogen-bond donors (Lipinski definition) is 1. The van der Waals surface area contributed by atoms with Crippen LogP contribution in [0.15, 0.2) is 114 Å². The van der Waals surface area contributed by atoms with Crippen LogP contribution in [0.5, 0.6) is 17.2 Å². The summed E-state index contributed by atoms with van der Waals surface area (Å²) in [5.74, 6) is 0.131. The monoisotopic (exact) mass is 739 g/mol. The number of rotatable bonds is 14. The molecule has 0 aromatic heterocycles. The number of nitrogens with zero attached hydrogens (tertiary/aromatic N) is 2. The van der Waals surface area contributed by atoms with Crippen LogP contribution in [0.1, 0.15) is 16.7 Å². The number of nitro benzene ring substituents is 1. The highest BCUT2D eigenvalue weighted by Crippen LogP contribution is 2.41. The van der Waals surface area contributed by atoms with E-state index in [0.29, 0.717) is 28.4 Å². The van der Waals surface area contributed by atoms with Crippen LogP contribution >= 0.6 is 11.8 Å². The zero-order valence-corrected chi connectivity index (χ0v) is 29.1. The Kier molecular flexibility index (Phi) is 11.5. The standard InChI is InChI=1S/C38H33N3O11S/c1-48-29-13-7-25(8-14-29)20-50-37(44)34-27(23-53-36-33(35(43)40(34)36)39-32(42)19-24-5-3-2-4-6-24)22-49-30-15-9-26(10-16-30)21-51-38(45)52-31-17-11-28(12-18-31)41(46)47/h2-18,33,36H,19-23H2,1H3,(H,39,42). The maximum atomic E-state index is 13.6. The Labute approximate surface area is 307 Å². The highest BCUT2D eigenvalue weighted by Gasteiger charge is 2.54. The largest absolute Gasteiger partial charge is 0.514 e. The fourth-order valence-corrected chi connectivity index (χ4v) is 6.81. The summed E-state index contributed by atoms with van der Waals surface area (Å²) in [5.41, 5.74) is 2.65. The van der Waals surface area contributed by atoms with E-state index in [1.165, 1.54) is 40.9 Å². The van der Waals surface area contributed by atoms with E-state index < -0.39 is 34.4 Å². The van der Waals surface area contributed by atoms with E-state index in [1.54, 1.807) is 55.6 Å². The fraction of sp³-hybridized carbons (Fsp3) is 0.211. The minimum atomic E-state index is -0.982. The molecule has 0 spiro atoms. The Bertz CT molecular complexity index is 2000. The molecule has 2 unspecified atom stereocenters. The van der Waals surface area contributed by atoms with E-state index in [0.717, 1.165) is 11.1 Å². The van der Waals surface area contributed by atoms with Crippen LogP contribution in [-0.4, -0.2) is 64.6 Å².